The van der Waals surface area contributed by atoms with E-state index in [0.29, 0.717) is 0 Å². The Kier molecular flexibility index (Phi) is 18.4. The maximum atomic E-state index is 8.68. The summed E-state index contributed by atoms with van der Waals surface area (Å²) >= 11 is -9.70. The average molecular weight is 406 g/mol. The molecule has 0 unspecified atom stereocenters. The maximum Gasteiger partial charge on any atom is 1.00 e. The molecule has 0 aromatic heterocycles. The van der Waals surface area contributed by atoms with Gasteiger partial charge in [-0.2, -0.15) is 0 Å². The summed E-state index contributed by atoms with van der Waals surface area (Å²) in [5, 5.41) is 0. The van der Waals surface area contributed by atoms with Crippen LogP contribution in [0.5, 0.6) is 0 Å². The van der Waals surface area contributed by atoms with Gasteiger partial charge in [0.1, 0.15) is 20.1 Å². The first-order chi connectivity index (χ1) is 3.73. The van der Waals surface area contributed by atoms with Crippen LogP contribution < -0.4 is 113 Å². The molecular formula is HI2KO7. The van der Waals surface area contributed by atoms with Crippen LogP contribution in [0.15, 0.2) is 0 Å². The maximum absolute atomic E-state index is 8.68. The van der Waals surface area contributed by atoms with E-state index < -0.39 is 41.2 Å². The minimum absolute atomic E-state index is 0. The van der Waals surface area contributed by atoms with Crippen LogP contribution >= 0.6 is 0 Å². The molecular weight excluding hydrogens is 405 g/mol. The molecule has 0 saturated carbocycles. The van der Waals surface area contributed by atoms with Crippen LogP contribution in [0, 0.1) is 0 Å². The molecule has 10 heavy (non-hydrogen) atoms. The summed E-state index contributed by atoms with van der Waals surface area (Å²) in [7, 11) is 0. The van der Waals surface area contributed by atoms with Crippen molar-refractivity contribution in [2.75, 3.05) is 0 Å². The minimum Gasteiger partial charge on any atom is -0.396 e. The Morgan fingerprint density at radius 1 is 1.00 bits per heavy atom. The summed E-state index contributed by atoms with van der Waals surface area (Å²) in [6.07, 6.45) is 0. The molecule has 0 aliphatic carbocycles. The second-order valence-electron chi connectivity index (χ2n) is 0.579. The van der Waals surface area contributed by atoms with Gasteiger partial charge in [-0.05, 0) is 3.44 Å². The molecule has 7 nitrogen and oxygen atoms in total. The molecule has 0 atom stereocenters. The van der Waals surface area contributed by atoms with Crippen LogP contribution in [0.25, 0.3) is 0 Å². The van der Waals surface area contributed by atoms with Gasteiger partial charge in [-0.1, -0.05) is 0 Å². The summed E-state index contributed by atoms with van der Waals surface area (Å²) < 4.78 is 58.9. The van der Waals surface area contributed by atoms with Gasteiger partial charge in [0.25, 0.3) is 0 Å². The van der Waals surface area contributed by atoms with Gasteiger partial charge in [-0.15, -0.1) is 0 Å². The van der Waals surface area contributed by atoms with Crippen molar-refractivity contribution in [3.63, 3.8) is 0 Å². The Balaban J connectivity index is -0.0000000910. The second-order valence-corrected chi connectivity index (χ2v) is 3.88. The van der Waals surface area contributed by atoms with Crippen LogP contribution in [-0.2, 0) is 0 Å². The number of hydrogen-bond donors (Lipinski definition) is 1. The number of hydrogen-bond acceptors (Lipinski definition) is 7. The molecule has 0 radical (unpaired) electrons. The van der Waals surface area contributed by atoms with E-state index in [4.69, 9.17) is 24.1 Å². The van der Waals surface area contributed by atoms with E-state index in [1.54, 1.807) is 0 Å². The van der Waals surface area contributed by atoms with Gasteiger partial charge in [-0.25, -0.2) is 0 Å². The zero-order valence-electron chi connectivity index (χ0n) is 4.65. The SMILES string of the molecule is [K+].[O-][I+2]([O-])O.[O-][I+3]([O-])([O-])[O-]. The fourth-order valence-corrected chi connectivity index (χ4v) is 0. The minimum atomic E-state index is -5.94. The molecule has 10 heteroatoms. The second kappa shape index (κ2) is 9.90. The predicted octanol–water partition coefficient (Wildman–Crippen LogP) is -16.7. The van der Waals surface area contributed by atoms with E-state index in [1.165, 1.54) is 0 Å². The molecule has 0 aromatic carbocycles. The standard InChI is InChI=1S/IO4.HIO3.K/c2-1(3,4)5;2-1(3)4;/h;2H;/q-1;;+1. The molecule has 1 N–H and O–H groups in total. The van der Waals surface area contributed by atoms with Crippen molar-refractivity contribution in [1.82, 2.24) is 0 Å². The summed E-state index contributed by atoms with van der Waals surface area (Å²) in [6.45, 7) is 0. The molecule has 0 saturated heterocycles. The topological polar surface area (TPSA) is 159 Å². The van der Waals surface area contributed by atoms with Gasteiger partial charge in [-0.3, -0.25) is 13.7 Å². The third kappa shape index (κ3) is 131. The average Bonchev–Trinajstić information content (AvgIpc) is 1.19. The van der Waals surface area contributed by atoms with E-state index in [2.05, 4.69) is 0 Å². The molecule has 58 valence electrons. The Morgan fingerprint density at radius 3 is 1.00 bits per heavy atom. The van der Waals surface area contributed by atoms with Crippen molar-refractivity contribution in [3.8, 4) is 0 Å². The van der Waals surface area contributed by atoms with Gasteiger partial charge in [0.05, 0.1) is 0 Å². The van der Waals surface area contributed by atoms with Gasteiger partial charge in [0.15, 0.2) is 0 Å². The normalized spacial score (nSPS) is 9.60. The summed E-state index contributed by atoms with van der Waals surface area (Å²) in [5.74, 6) is 0. The first kappa shape index (κ1) is 18.6. The fraction of sp³-hybridized carbons (Fsp3) is 0. The molecule has 0 heterocycles. The van der Waals surface area contributed by atoms with Crippen molar-refractivity contribution in [1.29, 1.82) is 0 Å². The van der Waals surface area contributed by atoms with Crippen molar-refractivity contribution in [3.05, 3.63) is 0 Å². The zero-order valence-corrected chi connectivity index (χ0v) is 12.1. The molecule has 0 aliphatic heterocycles. The fourth-order valence-electron chi connectivity index (χ4n) is 0. The van der Waals surface area contributed by atoms with E-state index in [-0.39, 0.29) is 51.4 Å². The molecule has 0 aliphatic rings. The zero-order chi connectivity index (χ0) is 8.08. The van der Waals surface area contributed by atoms with Crippen molar-refractivity contribution in [2.45, 2.75) is 0 Å². The first-order valence-corrected chi connectivity index (χ1v) is 7.34. The Hall–Kier alpha value is 2.82. The smallest absolute Gasteiger partial charge is 0.396 e. The van der Waals surface area contributed by atoms with Crippen LogP contribution in [0.4, 0.5) is 0 Å². The monoisotopic (exact) mass is 406 g/mol. The number of halogens is 2. The van der Waals surface area contributed by atoms with Crippen molar-refractivity contribution >= 4 is 0 Å². The molecule has 0 rings (SSSR count). The van der Waals surface area contributed by atoms with Gasteiger partial charge < -0.3 is 6.87 Å². The largest absolute Gasteiger partial charge is 1.00 e. The first-order valence-electron chi connectivity index (χ1n) is 1.09. The Morgan fingerprint density at radius 2 is 1.00 bits per heavy atom. The van der Waals surface area contributed by atoms with Crippen LogP contribution in [0.1, 0.15) is 0 Å². The predicted molar refractivity (Wildman–Crippen MR) is 2.22 cm³/mol. The molecule has 0 fully saturated rings. The van der Waals surface area contributed by atoms with Gasteiger partial charge >= 0.3 is 72.4 Å². The number of rotatable bonds is 0. The summed E-state index contributed by atoms with van der Waals surface area (Å²) in [5.41, 5.74) is 0. The Bertz CT molecular complexity index is 48.4. The van der Waals surface area contributed by atoms with Crippen LogP contribution in [-0.4, -0.2) is 3.44 Å². The van der Waals surface area contributed by atoms with Crippen molar-refractivity contribution < 1.29 is 117 Å². The summed E-state index contributed by atoms with van der Waals surface area (Å²) in [6, 6.07) is 0. The summed E-state index contributed by atoms with van der Waals surface area (Å²) in [4.78, 5) is 0. The van der Waals surface area contributed by atoms with Gasteiger partial charge in [0.2, 0.25) is 0 Å². The molecule has 0 aromatic rings. The van der Waals surface area contributed by atoms with Gasteiger partial charge in [0, 0.05) is 0 Å². The third-order valence-electron chi connectivity index (χ3n) is 0. The van der Waals surface area contributed by atoms with E-state index >= 15 is 0 Å². The van der Waals surface area contributed by atoms with Crippen molar-refractivity contribution in [2.24, 2.45) is 0 Å². The van der Waals surface area contributed by atoms with E-state index in [0.717, 1.165) is 0 Å². The third-order valence-corrected chi connectivity index (χ3v) is 0. The van der Waals surface area contributed by atoms with Crippen LogP contribution in [0.3, 0.4) is 0 Å². The van der Waals surface area contributed by atoms with E-state index in [9.17, 15) is 0 Å². The molecule has 0 bridgehead atoms. The Labute approximate surface area is 114 Å². The quantitative estimate of drug-likeness (QED) is 0.309. The molecule has 0 spiro atoms. The van der Waals surface area contributed by atoms with Crippen LogP contribution in [0.2, 0.25) is 0 Å². The molecule has 0 amide bonds. The van der Waals surface area contributed by atoms with E-state index in [1.807, 2.05) is 0 Å².